The Morgan fingerprint density at radius 1 is 1.32 bits per heavy atom. The number of unbranched alkanes of at least 4 members (excludes halogenated alkanes) is 1. The number of amides is 2. The Morgan fingerprint density at radius 2 is 2.00 bits per heavy atom. The summed E-state index contributed by atoms with van der Waals surface area (Å²) < 4.78 is 37.0. The lowest BCUT2D eigenvalue weighted by Gasteiger charge is -2.20. The van der Waals surface area contributed by atoms with Crippen LogP contribution in [0.4, 0.5) is 23.1 Å². The third-order valence-electron chi connectivity index (χ3n) is 2.99. The number of carbonyl (C=O) groups excluding carboxylic acids is 1. The Balaban J connectivity index is 2.23. The van der Waals surface area contributed by atoms with E-state index in [-0.39, 0.29) is 5.13 Å². The molecular formula is C12H20F3N5OS. The van der Waals surface area contributed by atoms with Crippen LogP contribution >= 0.6 is 11.3 Å². The largest absolute Gasteiger partial charge is 0.445 e. The van der Waals surface area contributed by atoms with Crippen molar-refractivity contribution in [2.45, 2.75) is 38.9 Å². The summed E-state index contributed by atoms with van der Waals surface area (Å²) in [6.45, 7) is 5.57. The summed E-state index contributed by atoms with van der Waals surface area (Å²) >= 11 is 0.293. The van der Waals surface area contributed by atoms with E-state index in [9.17, 15) is 18.0 Å². The monoisotopic (exact) mass is 339 g/mol. The molecule has 0 aromatic carbocycles. The Hall–Kier alpha value is -1.42. The predicted molar refractivity (Wildman–Crippen MR) is 78.9 cm³/mol. The third-order valence-corrected chi connectivity index (χ3v) is 3.88. The molecule has 2 N–H and O–H groups in total. The van der Waals surface area contributed by atoms with Gasteiger partial charge in [-0.15, -0.1) is 10.2 Å². The Labute approximate surface area is 131 Å². The zero-order valence-corrected chi connectivity index (χ0v) is 13.5. The standard InChI is InChI=1S/C12H20F3N5OS/c1-8(2)20(3)7-5-4-6-16-10(21)17-11-19-18-9(22-11)12(13,14)15/h8H,4-7H2,1-3H3,(H2,16,17,19,21). The van der Waals surface area contributed by atoms with Gasteiger partial charge in [0.2, 0.25) is 10.1 Å². The second kappa shape index (κ2) is 8.28. The minimum absolute atomic E-state index is 0.177. The first-order chi connectivity index (χ1) is 10.2. The second-order valence-corrected chi connectivity index (χ2v) is 6.05. The molecule has 1 aromatic rings. The molecule has 1 rings (SSSR count). The van der Waals surface area contributed by atoms with Gasteiger partial charge in [0, 0.05) is 12.6 Å². The predicted octanol–water partition coefficient (Wildman–Crippen LogP) is 2.80. The molecule has 2 amide bonds. The number of anilines is 1. The van der Waals surface area contributed by atoms with E-state index in [0.717, 1.165) is 19.4 Å². The van der Waals surface area contributed by atoms with Crippen molar-refractivity contribution in [3.05, 3.63) is 5.01 Å². The fraction of sp³-hybridized carbons (Fsp3) is 0.750. The van der Waals surface area contributed by atoms with Crippen molar-refractivity contribution in [3.8, 4) is 0 Å². The van der Waals surface area contributed by atoms with E-state index in [4.69, 9.17) is 0 Å². The van der Waals surface area contributed by atoms with Crippen LogP contribution in [-0.4, -0.2) is 47.3 Å². The number of urea groups is 1. The van der Waals surface area contributed by atoms with Crippen LogP contribution in [0.1, 0.15) is 31.7 Å². The summed E-state index contributed by atoms with van der Waals surface area (Å²) in [4.78, 5) is 13.7. The Morgan fingerprint density at radius 3 is 2.55 bits per heavy atom. The number of carbonyl (C=O) groups is 1. The van der Waals surface area contributed by atoms with Gasteiger partial charge in [-0.3, -0.25) is 5.32 Å². The average molecular weight is 339 g/mol. The first-order valence-corrected chi connectivity index (χ1v) is 7.67. The molecule has 0 radical (unpaired) electrons. The van der Waals surface area contributed by atoms with Crippen LogP contribution in [0, 0.1) is 0 Å². The van der Waals surface area contributed by atoms with Gasteiger partial charge in [-0.25, -0.2) is 4.79 Å². The number of nitrogens with one attached hydrogen (secondary N) is 2. The molecule has 126 valence electrons. The number of rotatable bonds is 7. The molecule has 0 fully saturated rings. The van der Waals surface area contributed by atoms with Crippen molar-refractivity contribution >= 4 is 22.5 Å². The molecule has 0 bridgehead atoms. The molecule has 22 heavy (non-hydrogen) atoms. The highest BCUT2D eigenvalue weighted by atomic mass is 32.1. The minimum atomic E-state index is -4.55. The molecule has 1 aromatic heterocycles. The zero-order chi connectivity index (χ0) is 16.8. The van der Waals surface area contributed by atoms with E-state index >= 15 is 0 Å². The summed E-state index contributed by atoms with van der Waals surface area (Å²) in [5.74, 6) is 0. The van der Waals surface area contributed by atoms with E-state index in [2.05, 4.69) is 39.6 Å². The maximum Gasteiger partial charge on any atom is 0.445 e. The zero-order valence-electron chi connectivity index (χ0n) is 12.7. The molecule has 0 saturated carbocycles. The average Bonchev–Trinajstić information content (AvgIpc) is 2.86. The molecular weight excluding hydrogens is 319 g/mol. The molecule has 10 heteroatoms. The summed E-state index contributed by atoms with van der Waals surface area (Å²) in [5, 5.41) is 9.81. The number of hydrogen-bond donors (Lipinski definition) is 2. The van der Waals surface area contributed by atoms with Crippen molar-refractivity contribution in [3.63, 3.8) is 0 Å². The van der Waals surface area contributed by atoms with Crippen LogP contribution in [0.5, 0.6) is 0 Å². The molecule has 0 aliphatic heterocycles. The normalized spacial score (nSPS) is 12.0. The maximum atomic E-state index is 12.3. The van der Waals surface area contributed by atoms with Gasteiger partial charge in [0.15, 0.2) is 0 Å². The van der Waals surface area contributed by atoms with Gasteiger partial charge in [-0.1, -0.05) is 11.3 Å². The van der Waals surface area contributed by atoms with Gasteiger partial charge < -0.3 is 10.2 Å². The van der Waals surface area contributed by atoms with Crippen LogP contribution in [0.3, 0.4) is 0 Å². The van der Waals surface area contributed by atoms with Crippen molar-refractivity contribution in [2.24, 2.45) is 0 Å². The van der Waals surface area contributed by atoms with E-state index in [0.29, 0.717) is 23.9 Å². The van der Waals surface area contributed by atoms with Crippen LogP contribution in [0.25, 0.3) is 0 Å². The van der Waals surface area contributed by atoms with E-state index in [1.165, 1.54) is 0 Å². The van der Waals surface area contributed by atoms with Crippen LogP contribution < -0.4 is 10.6 Å². The summed E-state index contributed by atoms with van der Waals surface area (Å²) in [7, 11) is 2.03. The van der Waals surface area contributed by atoms with E-state index < -0.39 is 17.2 Å². The number of alkyl halides is 3. The summed E-state index contributed by atoms with van der Waals surface area (Å²) in [6.07, 6.45) is -2.84. The van der Waals surface area contributed by atoms with Gasteiger partial charge in [0.1, 0.15) is 0 Å². The number of halogens is 3. The van der Waals surface area contributed by atoms with Crippen LogP contribution in [0.15, 0.2) is 0 Å². The molecule has 0 aliphatic carbocycles. The fourth-order valence-corrected chi connectivity index (χ4v) is 2.08. The van der Waals surface area contributed by atoms with E-state index in [1.54, 1.807) is 0 Å². The van der Waals surface area contributed by atoms with Crippen LogP contribution in [-0.2, 0) is 6.18 Å². The lowest BCUT2D eigenvalue weighted by atomic mass is 10.2. The lowest BCUT2D eigenvalue weighted by molar-refractivity contribution is -0.138. The molecule has 0 atom stereocenters. The number of nitrogens with zero attached hydrogens (tertiary/aromatic N) is 3. The molecule has 0 spiro atoms. The van der Waals surface area contributed by atoms with Crippen molar-refractivity contribution < 1.29 is 18.0 Å². The SMILES string of the molecule is CC(C)N(C)CCCCNC(=O)Nc1nnc(C(F)(F)F)s1. The second-order valence-electron chi connectivity index (χ2n) is 5.07. The van der Waals surface area contributed by atoms with Crippen molar-refractivity contribution in [1.29, 1.82) is 0 Å². The quantitative estimate of drug-likeness (QED) is 0.750. The van der Waals surface area contributed by atoms with E-state index in [1.807, 2.05) is 7.05 Å². The van der Waals surface area contributed by atoms with Gasteiger partial charge in [0.05, 0.1) is 0 Å². The summed E-state index contributed by atoms with van der Waals surface area (Å²) in [5.41, 5.74) is 0. The first kappa shape index (κ1) is 18.6. The molecule has 0 aliphatic rings. The van der Waals surface area contributed by atoms with Gasteiger partial charge in [-0.05, 0) is 40.3 Å². The molecule has 6 nitrogen and oxygen atoms in total. The number of aromatic nitrogens is 2. The highest BCUT2D eigenvalue weighted by molar-refractivity contribution is 7.15. The summed E-state index contributed by atoms with van der Waals surface area (Å²) in [6, 6.07) is -0.112. The van der Waals surface area contributed by atoms with Crippen molar-refractivity contribution in [1.82, 2.24) is 20.4 Å². The van der Waals surface area contributed by atoms with Crippen molar-refractivity contribution in [2.75, 3.05) is 25.5 Å². The maximum absolute atomic E-state index is 12.3. The lowest BCUT2D eigenvalue weighted by Crippen LogP contribution is -2.31. The number of hydrogen-bond acceptors (Lipinski definition) is 5. The highest BCUT2D eigenvalue weighted by Crippen LogP contribution is 2.32. The molecule has 0 unspecified atom stereocenters. The Bertz CT molecular complexity index is 478. The van der Waals surface area contributed by atoms with Crippen LogP contribution in [0.2, 0.25) is 0 Å². The topological polar surface area (TPSA) is 70.2 Å². The Kier molecular flexibility index (Phi) is 7.01. The smallest absolute Gasteiger partial charge is 0.338 e. The third kappa shape index (κ3) is 6.56. The molecule has 1 heterocycles. The van der Waals surface area contributed by atoms with Gasteiger partial charge in [0.25, 0.3) is 0 Å². The first-order valence-electron chi connectivity index (χ1n) is 6.86. The molecule has 0 saturated heterocycles. The minimum Gasteiger partial charge on any atom is -0.338 e. The fourth-order valence-electron chi connectivity index (χ4n) is 1.48. The van der Waals surface area contributed by atoms with Gasteiger partial charge in [-0.2, -0.15) is 13.2 Å². The van der Waals surface area contributed by atoms with Gasteiger partial charge >= 0.3 is 12.2 Å². The highest BCUT2D eigenvalue weighted by Gasteiger charge is 2.35.